The van der Waals surface area contributed by atoms with Gasteiger partial charge in [-0.3, -0.25) is 9.59 Å². The maximum absolute atomic E-state index is 13.2. The summed E-state index contributed by atoms with van der Waals surface area (Å²) >= 11 is 0. The van der Waals surface area contributed by atoms with E-state index in [0.29, 0.717) is 41.1 Å². The third kappa shape index (κ3) is 3.54. The van der Waals surface area contributed by atoms with E-state index in [4.69, 9.17) is 4.74 Å². The van der Waals surface area contributed by atoms with Crippen LogP contribution in [0.5, 0.6) is 0 Å². The lowest BCUT2D eigenvalue weighted by molar-refractivity contribution is -0.149. The van der Waals surface area contributed by atoms with E-state index in [1.165, 1.54) is 10.4 Å². The third-order valence-electron chi connectivity index (χ3n) is 5.41. The number of carbonyl (C=O) groups excluding carboxylic acids is 1. The summed E-state index contributed by atoms with van der Waals surface area (Å²) in [7, 11) is -3.70. The number of H-pyrrole nitrogens is 1. The van der Waals surface area contributed by atoms with Crippen LogP contribution in [0.2, 0.25) is 0 Å². The largest absolute Gasteiger partial charge is 0.466 e. The smallest absolute Gasteiger partial charge is 0.309 e. The number of hydrogen-bond acceptors (Lipinski definition) is 5. The molecule has 0 atom stereocenters. The van der Waals surface area contributed by atoms with Gasteiger partial charge >= 0.3 is 5.97 Å². The van der Waals surface area contributed by atoms with Gasteiger partial charge in [0.25, 0.3) is 5.56 Å². The van der Waals surface area contributed by atoms with Gasteiger partial charge in [0, 0.05) is 29.4 Å². The van der Waals surface area contributed by atoms with Crippen LogP contribution in [0.15, 0.2) is 52.2 Å². The number of sulfonamides is 1. The first-order valence-electron chi connectivity index (χ1n) is 9.63. The van der Waals surface area contributed by atoms with E-state index >= 15 is 0 Å². The van der Waals surface area contributed by atoms with E-state index in [0.717, 1.165) is 0 Å². The summed E-state index contributed by atoms with van der Waals surface area (Å²) in [6.45, 7) is 2.63. The summed E-state index contributed by atoms with van der Waals surface area (Å²) in [5.74, 6) is -0.516. The van der Waals surface area contributed by atoms with Gasteiger partial charge in [-0.2, -0.15) is 4.31 Å². The quantitative estimate of drug-likeness (QED) is 0.523. The SMILES string of the molecule is CCOC(=O)C1CCN(S(=O)(=O)c2ccc3[nH]c(=O)c4ccccc4c3c2)CC1. The molecule has 0 radical (unpaired) electrons. The first-order chi connectivity index (χ1) is 13.9. The number of nitrogens with zero attached hydrogens (tertiary/aromatic N) is 1. The highest BCUT2D eigenvalue weighted by Gasteiger charge is 2.32. The summed E-state index contributed by atoms with van der Waals surface area (Å²) in [6, 6.07) is 11.9. The highest BCUT2D eigenvalue weighted by molar-refractivity contribution is 7.89. The van der Waals surface area contributed by atoms with E-state index in [1.54, 1.807) is 31.2 Å². The normalized spacial score (nSPS) is 16.3. The minimum Gasteiger partial charge on any atom is -0.466 e. The van der Waals surface area contributed by atoms with E-state index in [1.807, 2.05) is 12.1 Å². The van der Waals surface area contributed by atoms with Crippen molar-refractivity contribution in [3.05, 3.63) is 52.8 Å². The predicted molar refractivity (Wildman–Crippen MR) is 110 cm³/mol. The van der Waals surface area contributed by atoms with Crippen molar-refractivity contribution in [1.82, 2.24) is 9.29 Å². The molecule has 8 heteroatoms. The molecule has 29 heavy (non-hydrogen) atoms. The number of esters is 1. The fourth-order valence-electron chi connectivity index (χ4n) is 3.86. The number of benzene rings is 2. The first kappa shape index (κ1) is 19.6. The Kier molecular flexibility index (Phi) is 5.14. The zero-order valence-electron chi connectivity index (χ0n) is 16.1. The van der Waals surface area contributed by atoms with Crippen LogP contribution in [0.1, 0.15) is 19.8 Å². The van der Waals surface area contributed by atoms with Crippen LogP contribution < -0.4 is 5.56 Å². The molecule has 1 aliphatic heterocycles. The van der Waals surface area contributed by atoms with Crippen molar-refractivity contribution in [1.29, 1.82) is 0 Å². The van der Waals surface area contributed by atoms with Gasteiger partial charge in [-0.15, -0.1) is 0 Å². The number of nitrogens with one attached hydrogen (secondary N) is 1. The van der Waals surface area contributed by atoms with E-state index < -0.39 is 10.0 Å². The van der Waals surface area contributed by atoms with Crippen molar-refractivity contribution in [3.63, 3.8) is 0 Å². The van der Waals surface area contributed by atoms with Crippen molar-refractivity contribution in [2.24, 2.45) is 5.92 Å². The molecule has 2 aromatic carbocycles. The summed E-state index contributed by atoms with van der Waals surface area (Å²) in [5, 5.41) is 1.91. The number of hydrogen-bond donors (Lipinski definition) is 1. The van der Waals surface area contributed by atoms with Crippen molar-refractivity contribution >= 4 is 37.7 Å². The second-order valence-electron chi connectivity index (χ2n) is 7.14. The zero-order valence-corrected chi connectivity index (χ0v) is 16.9. The highest BCUT2D eigenvalue weighted by atomic mass is 32.2. The first-order valence-corrected chi connectivity index (χ1v) is 11.1. The number of carbonyl (C=O) groups is 1. The van der Waals surface area contributed by atoms with Crippen molar-refractivity contribution in [3.8, 4) is 0 Å². The molecule has 2 heterocycles. The van der Waals surface area contributed by atoms with Crippen LogP contribution in [0.25, 0.3) is 21.7 Å². The summed E-state index contributed by atoms with van der Waals surface area (Å²) < 4.78 is 32.8. The van der Waals surface area contributed by atoms with Crippen molar-refractivity contribution in [2.45, 2.75) is 24.7 Å². The molecule has 0 unspecified atom stereocenters. The molecule has 1 aromatic heterocycles. The Hall–Kier alpha value is -2.71. The molecule has 152 valence electrons. The molecule has 4 rings (SSSR count). The number of piperidine rings is 1. The van der Waals surface area contributed by atoms with Gasteiger partial charge in [-0.1, -0.05) is 18.2 Å². The maximum Gasteiger partial charge on any atom is 0.309 e. The van der Waals surface area contributed by atoms with Gasteiger partial charge < -0.3 is 9.72 Å². The molecule has 1 fully saturated rings. The summed E-state index contributed by atoms with van der Waals surface area (Å²) in [6.07, 6.45) is 0.893. The van der Waals surface area contributed by atoms with Gasteiger partial charge in [0.2, 0.25) is 10.0 Å². The number of fused-ring (bicyclic) bond motifs is 3. The fourth-order valence-corrected chi connectivity index (χ4v) is 5.36. The molecule has 0 aliphatic carbocycles. The average molecular weight is 414 g/mol. The molecular weight excluding hydrogens is 392 g/mol. The Labute approximate surface area is 168 Å². The lowest BCUT2D eigenvalue weighted by Crippen LogP contribution is -2.40. The highest BCUT2D eigenvalue weighted by Crippen LogP contribution is 2.28. The van der Waals surface area contributed by atoms with Gasteiger partial charge in [-0.05, 0) is 49.4 Å². The van der Waals surface area contributed by atoms with Crippen LogP contribution >= 0.6 is 0 Å². The number of ether oxygens (including phenoxy) is 1. The van der Waals surface area contributed by atoms with Crippen LogP contribution in [0, 0.1) is 5.92 Å². The molecule has 1 saturated heterocycles. The maximum atomic E-state index is 13.2. The molecular formula is C21H22N2O5S. The van der Waals surface area contributed by atoms with E-state index in [-0.39, 0.29) is 35.4 Å². The monoisotopic (exact) mass is 414 g/mol. The molecule has 0 saturated carbocycles. The molecule has 0 spiro atoms. The van der Waals surface area contributed by atoms with E-state index in [2.05, 4.69) is 4.98 Å². The Balaban J connectivity index is 1.67. The second kappa shape index (κ2) is 7.61. The molecule has 7 nitrogen and oxygen atoms in total. The van der Waals surface area contributed by atoms with Crippen molar-refractivity contribution in [2.75, 3.05) is 19.7 Å². The number of aromatic nitrogens is 1. The summed E-state index contributed by atoms with van der Waals surface area (Å²) in [5.41, 5.74) is 0.387. The number of rotatable bonds is 4. The van der Waals surface area contributed by atoms with Gasteiger partial charge in [-0.25, -0.2) is 8.42 Å². The Morgan fingerprint density at radius 3 is 2.48 bits per heavy atom. The third-order valence-corrected chi connectivity index (χ3v) is 7.31. The van der Waals surface area contributed by atoms with Crippen LogP contribution in [0.4, 0.5) is 0 Å². The lowest BCUT2D eigenvalue weighted by atomic mass is 9.98. The van der Waals surface area contributed by atoms with Crippen LogP contribution in [0.3, 0.4) is 0 Å². The van der Waals surface area contributed by atoms with Crippen LogP contribution in [-0.4, -0.2) is 43.4 Å². The molecule has 0 bridgehead atoms. The predicted octanol–water partition coefficient (Wildman–Crippen LogP) is 2.65. The van der Waals surface area contributed by atoms with Gasteiger partial charge in [0.05, 0.1) is 17.4 Å². The molecule has 1 aliphatic rings. The van der Waals surface area contributed by atoms with Gasteiger partial charge in [0.1, 0.15) is 0 Å². The minimum absolute atomic E-state index is 0.178. The van der Waals surface area contributed by atoms with Gasteiger partial charge in [0.15, 0.2) is 0 Å². The molecule has 0 amide bonds. The fraction of sp³-hybridized carbons (Fsp3) is 0.333. The minimum atomic E-state index is -3.70. The number of pyridine rings is 1. The topological polar surface area (TPSA) is 96.5 Å². The van der Waals surface area contributed by atoms with E-state index in [9.17, 15) is 18.0 Å². The second-order valence-corrected chi connectivity index (χ2v) is 9.08. The zero-order chi connectivity index (χ0) is 20.6. The Morgan fingerprint density at radius 2 is 1.79 bits per heavy atom. The van der Waals surface area contributed by atoms with Crippen molar-refractivity contribution < 1.29 is 17.9 Å². The summed E-state index contributed by atoms with van der Waals surface area (Å²) in [4.78, 5) is 27.1. The number of aromatic amines is 1. The standard InChI is InChI=1S/C21H22N2O5S/c1-2-28-21(25)14-9-11-23(12-10-14)29(26,27)15-7-8-19-18(13-15)16-5-3-4-6-17(16)20(24)22-19/h3-8,13-14H,2,9-12H2,1H3,(H,22,24). The van der Waals surface area contributed by atoms with Crippen LogP contribution in [-0.2, 0) is 19.6 Å². The molecule has 3 aromatic rings. The lowest BCUT2D eigenvalue weighted by Gasteiger charge is -2.30. The molecule has 1 N–H and O–H groups in total. The average Bonchev–Trinajstić information content (AvgIpc) is 2.74. The Morgan fingerprint density at radius 1 is 1.10 bits per heavy atom. The Bertz CT molecular complexity index is 1240.